The van der Waals surface area contributed by atoms with Crippen molar-refractivity contribution in [1.82, 2.24) is 5.32 Å². The number of benzene rings is 1. The molecule has 2 rings (SSSR count). The number of hydrogen-bond donors (Lipinski definition) is 6. The summed E-state index contributed by atoms with van der Waals surface area (Å²) in [5.41, 5.74) is 0.740. The highest BCUT2D eigenvalue weighted by molar-refractivity contribution is 7.80. The van der Waals surface area contributed by atoms with Crippen molar-refractivity contribution in [3.63, 3.8) is 0 Å². The summed E-state index contributed by atoms with van der Waals surface area (Å²) < 4.78 is 5.03. The third-order valence-corrected chi connectivity index (χ3v) is 3.45. The van der Waals surface area contributed by atoms with Crippen LogP contribution in [0.3, 0.4) is 0 Å². The molecule has 0 radical (unpaired) electrons. The third-order valence-electron chi connectivity index (χ3n) is 3.23. The molecule has 8 heteroatoms. The molecule has 0 unspecified atom stereocenters. The minimum Gasteiger partial charge on any atom is -0.394 e. The van der Waals surface area contributed by atoms with Crippen LogP contribution in [0, 0.1) is 0 Å². The Morgan fingerprint density at radius 2 is 1.81 bits per heavy atom. The molecular weight excluding hydrogens is 296 g/mol. The van der Waals surface area contributed by atoms with Crippen LogP contribution in [0.5, 0.6) is 0 Å². The van der Waals surface area contributed by atoms with Gasteiger partial charge in [-0.25, -0.2) is 0 Å². The van der Waals surface area contributed by atoms with Crippen molar-refractivity contribution in [1.29, 1.82) is 0 Å². The predicted molar refractivity (Wildman–Crippen MR) is 79.6 cm³/mol. The van der Waals surface area contributed by atoms with Gasteiger partial charge >= 0.3 is 0 Å². The van der Waals surface area contributed by atoms with Crippen LogP contribution in [-0.4, -0.2) is 62.8 Å². The molecule has 0 aliphatic carbocycles. The molecule has 5 atom stereocenters. The topological polar surface area (TPSA) is 114 Å². The fraction of sp³-hybridized carbons (Fsp3) is 0.462. The van der Waals surface area contributed by atoms with E-state index in [1.807, 2.05) is 18.2 Å². The van der Waals surface area contributed by atoms with Gasteiger partial charge in [0.05, 0.1) is 6.61 Å². The van der Waals surface area contributed by atoms with Gasteiger partial charge in [0, 0.05) is 5.69 Å². The molecule has 1 aromatic carbocycles. The molecule has 1 aliphatic rings. The molecule has 0 saturated carbocycles. The molecule has 0 bridgehead atoms. The first-order chi connectivity index (χ1) is 10.0. The van der Waals surface area contributed by atoms with Crippen molar-refractivity contribution >= 4 is 23.0 Å². The lowest BCUT2D eigenvalue weighted by molar-refractivity contribution is -0.251. The minimum atomic E-state index is -1.41. The number of ether oxygens (including phenoxy) is 1. The van der Waals surface area contributed by atoms with Gasteiger partial charge in [0.2, 0.25) is 0 Å². The number of aliphatic hydroxyl groups excluding tert-OH is 4. The summed E-state index contributed by atoms with van der Waals surface area (Å²) >= 11 is 5.09. The highest BCUT2D eigenvalue weighted by Gasteiger charge is 2.43. The standard InChI is InChI=1S/C13H18N2O5S/c16-6-8-10(17)11(18)9(12(19)20-8)15-13(21)14-7-4-2-1-3-5-7/h1-5,8-12,16-19H,6H2,(H2,14,15,21)/t8-,9+,10+,11-,12-/m0/s1. The second-order valence-corrected chi connectivity index (χ2v) is 5.13. The molecule has 0 amide bonds. The summed E-state index contributed by atoms with van der Waals surface area (Å²) in [6, 6.07) is 8.10. The summed E-state index contributed by atoms with van der Waals surface area (Å²) in [5, 5.41) is 44.3. The van der Waals surface area contributed by atoms with E-state index in [1.54, 1.807) is 12.1 Å². The van der Waals surface area contributed by atoms with E-state index in [0.717, 1.165) is 5.69 Å². The van der Waals surface area contributed by atoms with Crippen molar-refractivity contribution in [3.8, 4) is 0 Å². The van der Waals surface area contributed by atoms with E-state index in [1.165, 1.54) is 0 Å². The van der Waals surface area contributed by atoms with Gasteiger partial charge in [0.25, 0.3) is 0 Å². The van der Waals surface area contributed by atoms with Gasteiger partial charge in [-0.15, -0.1) is 0 Å². The van der Waals surface area contributed by atoms with Crippen LogP contribution in [0.4, 0.5) is 5.69 Å². The average Bonchev–Trinajstić information content (AvgIpc) is 2.48. The molecule has 21 heavy (non-hydrogen) atoms. The number of anilines is 1. The van der Waals surface area contributed by atoms with E-state index in [2.05, 4.69) is 10.6 Å². The Morgan fingerprint density at radius 3 is 2.43 bits per heavy atom. The largest absolute Gasteiger partial charge is 0.394 e. The van der Waals surface area contributed by atoms with Crippen LogP contribution in [0.25, 0.3) is 0 Å². The molecule has 1 aromatic rings. The van der Waals surface area contributed by atoms with Gasteiger partial charge < -0.3 is 35.8 Å². The first kappa shape index (κ1) is 16.1. The van der Waals surface area contributed by atoms with Crippen LogP contribution >= 0.6 is 12.2 Å². The van der Waals surface area contributed by atoms with Crippen LogP contribution < -0.4 is 10.6 Å². The molecule has 116 valence electrons. The second-order valence-electron chi connectivity index (χ2n) is 4.72. The van der Waals surface area contributed by atoms with Crippen LogP contribution in [0.2, 0.25) is 0 Å². The molecular formula is C13H18N2O5S. The van der Waals surface area contributed by atoms with Crippen molar-refractivity contribution in [2.24, 2.45) is 0 Å². The average molecular weight is 314 g/mol. The summed E-state index contributed by atoms with van der Waals surface area (Å²) in [4.78, 5) is 0. The zero-order valence-corrected chi connectivity index (χ0v) is 11.9. The maximum atomic E-state index is 9.97. The quantitative estimate of drug-likeness (QED) is 0.385. The Kier molecular flexibility index (Phi) is 5.45. The Labute approximate surface area is 127 Å². The smallest absolute Gasteiger partial charge is 0.178 e. The SMILES string of the molecule is OC[C@@H]1O[C@H](O)[C@H](NC(=S)Nc2ccccc2)[C@H](O)[C@@H]1O. The molecule has 0 aromatic heterocycles. The molecule has 1 saturated heterocycles. The highest BCUT2D eigenvalue weighted by atomic mass is 32.1. The maximum absolute atomic E-state index is 9.97. The summed E-state index contributed by atoms with van der Waals surface area (Å²) in [5.74, 6) is 0. The fourth-order valence-corrected chi connectivity index (χ4v) is 2.35. The van der Waals surface area contributed by atoms with Crippen LogP contribution in [0.15, 0.2) is 30.3 Å². The van der Waals surface area contributed by atoms with E-state index in [9.17, 15) is 15.3 Å². The van der Waals surface area contributed by atoms with E-state index < -0.39 is 37.3 Å². The number of rotatable bonds is 3. The molecule has 7 nitrogen and oxygen atoms in total. The van der Waals surface area contributed by atoms with Crippen molar-refractivity contribution in [2.75, 3.05) is 11.9 Å². The second kappa shape index (κ2) is 7.12. The van der Waals surface area contributed by atoms with Crippen LogP contribution in [-0.2, 0) is 4.74 Å². The number of para-hydroxylation sites is 1. The zero-order valence-electron chi connectivity index (χ0n) is 11.1. The zero-order chi connectivity index (χ0) is 15.4. The van der Waals surface area contributed by atoms with Crippen molar-refractivity contribution in [2.45, 2.75) is 30.6 Å². The number of nitrogens with one attached hydrogen (secondary N) is 2. The highest BCUT2D eigenvalue weighted by Crippen LogP contribution is 2.19. The lowest BCUT2D eigenvalue weighted by atomic mass is 9.97. The molecule has 0 spiro atoms. The van der Waals surface area contributed by atoms with E-state index in [-0.39, 0.29) is 5.11 Å². The van der Waals surface area contributed by atoms with Gasteiger partial charge in [-0.05, 0) is 24.4 Å². The van der Waals surface area contributed by atoms with Crippen molar-refractivity contribution < 1.29 is 25.2 Å². The Balaban J connectivity index is 1.96. The number of aliphatic hydroxyl groups is 4. The van der Waals surface area contributed by atoms with E-state index in [0.29, 0.717) is 0 Å². The molecule has 1 aliphatic heterocycles. The fourth-order valence-electron chi connectivity index (χ4n) is 2.09. The number of hydrogen-bond acceptors (Lipinski definition) is 6. The monoisotopic (exact) mass is 314 g/mol. The first-order valence-corrected chi connectivity index (χ1v) is 6.87. The third kappa shape index (κ3) is 3.88. The van der Waals surface area contributed by atoms with Crippen molar-refractivity contribution in [3.05, 3.63) is 30.3 Å². The summed E-state index contributed by atoms with van der Waals surface area (Å²) in [7, 11) is 0. The van der Waals surface area contributed by atoms with Gasteiger partial charge in [-0.1, -0.05) is 18.2 Å². The predicted octanol–water partition coefficient (Wildman–Crippen LogP) is -1.23. The summed E-state index contributed by atoms with van der Waals surface area (Å²) in [6.45, 7) is -0.505. The normalized spacial score (nSPS) is 32.5. The summed E-state index contributed by atoms with van der Waals surface area (Å²) in [6.07, 6.45) is -5.10. The lowest BCUT2D eigenvalue weighted by Gasteiger charge is -2.40. The first-order valence-electron chi connectivity index (χ1n) is 6.46. The molecule has 1 heterocycles. The van der Waals surface area contributed by atoms with E-state index >= 15 is 0 Å². The Hall–Kier alpha value is -1.29. The minimum absolute atomic E-state index is 0.169. The van der Waals surface area contributed by atoms with Gasteiger partial charge in [-0.3, -0.25) is 0 Å². The molecule has 6 N–H and O–H groups in total. The van der Waals surface area contributed by atoms with Gasteiger partial charge in [0.15, 0.2) is 11.4 Å². The molecule has 1 fully saturated rings. The Bertz CT molecular complexity index is 475. The van der Waals surface area contributed by atoms with Crippen LogP contribution in [0.1, 0.15) is 0 Å². The maximum Gasteiger partial charge on any atom is 0.178 e. The van der Waals surface area contributed by atoms with Gasteiger partial charge in [-0.2, -0.15) is 0 Å². The number of thiocarbonyl (C=S) groups is 1. The Morgan fingerprint density at radius 1 is 1.14 bits per heavy atom. The van der Waals surface area contributed by atoms with Gasteiger partial charge in [0.1, 0.15) is 24.4 Å². The van der Waals surface area contributed by atoms with E-state index in [4.69, 9.17) is 22.1 Å². The lowest BCUT2D eigenvalue weighted by Crippen LogP contribution is -2.64.